The lowest BCUT2D eigenvalue weighted by Gasteiger charge is -2.24. The minimum absolute atomic E-state index is 0.294. The number of halogens is 2. The highest BCUT2D eigenvalue weighted by Crippen LogP contribution is 2.25. The SMILES string of the molecule is O=S(=O)(O)c1ccc(S(=O)(=O)O)c(NN2N=C(F)C=C(F)N2)c1. The van der Waals surface area contributed by atoms with Crippen molar-refractivity contribution >= 4 is 31.9 Å². The molecule has 2 rings (SSSR count). The summed E-state index contributed by atoms with van der Waals surface area (Å²) in [6, 6.07) is 1.98. The average Bonchev–Trinajstić information content (AvgIpc) is 2.34. The van der Waals surface area contributed by atoms with Crippen molar-refractivity contribution in [1.29, 1.82) is 0 Å². The number of nitrogens with one attached hydrogen (secondary N) is 2. The van der Waals surface area contributed by atoms with E-state index in [1.54, 1.807) is 0 Å². The van der Waals surface area contributed by atoms with Gasteiger partial charge >= 0.3 is 0 Å². The summed E-state index contributed by atoms with van der Waals surface area (Å²) in [5, 5.41) is 3.39. The second kappa shape index (κ2) is 5.73. The second-order valence-electron chi connectivity index (χ2n) is 4.06. The van der Waals surface area contributed by atoms with E-state index < -0.39 is 47.6 Å². The monoisotopic (exact) mass is 370 g/mol. The predicted molar refractivity (Wildman–Crippen MR) is 72.4 cm³/mol. The molecule has 1 aliphatic heterocycles. The summed E-state index contributed by atoms with van der Waals surface area (Å²) in [5.41, 5.74) is 3.24. The van der Waals surface area contributed by atoms with Gasteiger partial charge in [0.1, 0.15) is 4.90 Å². The molecular weight excluding hydrogens is 362 g/mol. The molecule has 1 aromatic rings. The van der Waals surface area contributed by atoms with E-state index in [0.29, 0.717) is 29.5 Å². The molecule has 10 nitrogen and oxygen atoms in total. The maximum Gasteiger partial charge on any atom is 0.296 e. The fourth-order valence-corrected chi connectivity index (χ4v) is 2.67. The summed E-state index contributed by atoms with van der Waals surface area (Å²) < 4.78 is 88.7. The fraction of sp³-hybridized carbons (Fsp3) is 0. The zero-order valence-electron chi connectivity index (χ0n) is 10.8. The van der Waals surface area contributed by atoms with Gasteiger partial charge in [-0.05, 0) is 18.2 Å². The number of benzene rings is 1. The maximum absolute atomic E-state index is 13.0. The molecule has 0 aliphatic carbocycles. The largest absolute Gasteiger partial charge is 0.296 e. The number of hydrazone groups is 1. The molecule has 0 atom stereocenters. The maximum atomic E-state index is 13.0. The number of hydrogen-bond acceptors (Lipinski definition) is 8. The lowest BCUT2D eigenvalue weighted by atomic mass is 10.3. The Balaban J connectivity index is 2.49. The van der Waals surface area contributed by atoms with Crippen LogP contribution in [0.5, 0.6) is 0 Å². The molecule has 4 N–H and O–H groups in total. The van der Waals surface area contributed by atoms with Gasteiger partial charge in [-0.3, -0.25) is 14.5 Å². The minimum atomic E-state index is -4.82. The van der Waals surface area contributed by atoms with Gasteiger partial charge in [0.25, 0.3) is 20.2 Å². The van der Waals surface area contributed by atoms with E-state index in [0.717, 1.165) is 0 Å². The third-order valence-electron chi connectivity index (χ3n) is 2.41. The van der Waals surface area contributed by atoms with Crippen LogP contribution in [0.1, 0.15) is 0 Å². The van der Waals surface area contributed by atoms with Crippen LogP contribution in [0.3, 0.4) is 0 Å². The van der Waals surface area contributed by atoms with E-state index in [1.807, 2.05) is 10.9 Å². The highest BCUT2D eigenvalue weighted by Gasteiger charge is 2.22. The molecule has 14 heteroatoms. The summed E-state index contributed by atoms with van der Waals surface area (Å²) in [6.45, 7) is 0. The molecule has 0 saturated carbocycles. The molecule has 0 unspecified atom stereocenters. The summed E-state index contributed by atoms with van der Waals surface area (Å²) in [5.74, 6) is -2.47. The third-order valence-corrected chi connectivity index (χ3v) is 4.17. The van der Waals surface area contributed by atoms with Gasteiger partial charge in [0, 0.05) is 6.08 Å². The van der Waals surface area contributed by atoms with Gasteiger partial charge in [-0.1, -0.05) is 0 Å². The third kappa shape index (κ3) is 4.13. The van der Waals surface area contributed by atoms with Crippen molar-refractivity contribution in [3.05, 3.63) is 30.2 Å². The van der Waals surface area contributed by atoms with Crippen molar-refractivity contribution in [3.8, 4) is 0 Å². The molecular formula is C9H8F2N4O6S2. The lowest BCUT2D eigenvalue weighted by Crippen LogP contribution is -2.40. The van der Waals surface area contributed by atoms with Gasteiger partial charge in [0.2, 0.25) is 11.9 Å². The van der Waals surface area contributed by atoms with Gasteiger partial charge in [-0.25, -0.2) is 5.43 Å². The van der Waals surface area contributed by atoms with E-state index in [4.69, 9.17) is 9.11 Å². The summed E-state index contributed by atoms with van der Waals surface area (Å²) in [6.07, 6.45) is 0.385. The normalized spacial score (nSPS) is 15.6. The second-order valence-corrected chi connectivity index (χ2v) is 6.87. The van der Waals surface area contributed by atoms with Crippen LogP contribution in [0.15, 0.2) is 45.1 Å². The van der Waals surface area contributed by atoms with E-state index in [-0.39, 0.29) is 0 Å². The Labute approximate surface area is 128 Å². The van der Waals surface area contributed by atoms with Crippen LogP contribution in [0.4, 0.5) is 14.5 Å². The van der Waals surface area contributed by atoms with Crippen molar-refractivity contribution in [2.24, 2.45) is 5.10 Å². The number of hydrogen-bond donors (Lipinski definition) is 4. The van der Waals surface area contributed by atoms with Gasteiger partial charge in [0.05, 0.1) is 10.6 Å². The van der Waals surface area contributed by atoms with Gasteiger partial charge < -0.3 is 0 Å². The Kier molecular flexibility index (Phi) is 4.25. The van der Waals surface area contributed by atoms with Crippen LogP contribution in [-0.4, -0.2) is 37.1 Å². The Bertz CT molecular complexity index is 912. The smallest absolute Gasteiger partial charge is 0.282 e. The number of nitrogens with zero attached hydrogens (tertiary/aromatic N) is 2. The van der Waals surface area contributed by atoms with Crippen molar-refractivity contribution in [2.75, 3.05) is 5.43 Å². The Hall–Kier alpha value is -2.29. The molecule has 0 saturated heterocycles. The average molecular weight is 370 g/mol. The molecule has 0 fully saturated rings. The van der Waals surface area contributed by atoms with Crippen molar-refractivity contribution in [2.45, 2.75) is 9.79 Å². The Morgan fingerprint density at radius 1 is 1.13 bits per heavy atom. The number of anilines is 1. The van der Waals surface area contributed by atoms with Crippen LogP contribution in [-0.2, 0) is 20.2 Å². The molecule has 1 heterocycles. The first-order valence-electron chi connectivity index (χ1n) is 5.50. The number of allylic oxidation sites excluding steroid dienone is 1. The highest BCUT2D eigenvalue weighted by molar-refractivity contribution is 7.86. The zero-order valence-corrected chi connectivity index (χ0v) is 12.4. The molecule has 0 bridgehead atoms. The molecule has 1 aromatic carbocycles. The Morgan fingerprint density at radius 2 is 1.78 bits per heavy atom. The Morgan fingerprint density at radius 3 is 2.30 bits per heavy atom. The minimum Gasteiger partial charge on any atom is -0.282 e. The van der Waals surface area contributed by atoms with Crippen molar-refractivity contribution < 1.29 is 34.7 Å². The first-order chi connectivity index (χ1) is 10.5. The molecule has 0 spiro atoms. The van der Waals surface area contributed by atoms with Crippen LogP contribution in [0.2, 0.25) is 0 Å². The van der Waals surface area contributed by atoms with Crippen LogP contribution < -0.4 is 10.9 Å². The molecule has 126 valence electrons. The summed E-state index contributed by atoms with van der Waals surface area (Å²) in [4.78, 5) is -1.55. The lowest BCUT2D eigenvalue weighted by molar-refractivity contribution is 0.232. The molecule has 1 aliphatic rings. The van der Waals surface area contributed by atoms with Gasteiger partial charge in [-0.2, -0.15) is 25.6 Å². The van der Waals surface area contributed by atoms with Gasteiger partial charge in [-0.15, -0.1) is 10.3 Å². The standard InChI is InChI=1S/C9H8F2N4O6S2/c10-8-4-9(11)14-15(13-8)12-6-3-5(22(16,17)18)1-2-7(6)23(19,20)21/h1-4,12-13H,(H,16,17,18)(H,19,20,21). The first kappa shape index (κ1) is 17.1. The predicted octanol–water partition coefficient (Wildman–Crippen LogP) is 0.421. The van der Waals surface area contributed by atoms with E-state index in [9.17, 15) is 25.6 Å². The summed E-state index contributed by atoms with van der Waals surface area (Å²) >= 11 is 0. The fourth-order valence-electron chi connectivity index (χ4n) is 1.54. The van der Waals surface area contributed by atoms with E-state index >= 15 is 0 Å². The number of rotatable bonds is 4. The van der Waals surface area contributed by atoms with Crippen molar-refractivity contribution in [1.82, 2.24) is 10.7 Å². The number of hydrazine groups is 2. The molecule has 23 heavy (non-hydrogen) atoms. The molecule has 0 amide bonds. The molecule has 0 aromatic heterocycles. The zero-order chi connectivity index (χ0) is 17.4. The molecule has 0 radical (unpaired) electrons. The topological polar surface area (TPSA) is 148 Å². The first-order valence-corrected chi connectivity index (χ1v) is 8.38. The van der Waals surface area contributed by atoms with Crippen LogP contribution in [0.25, 0.3) is 0 Å². The van der Waals surface area contributed by atoms with E-state index in [1.165, 1.54) is 0 Å². The highest BCUT2D eigenvalue weighted by atomic mass is 32.2. The quantitative estimate of drug-likeness (QED) is 0.437. The summed E-state index contributed by atoms with van der Waals surface area (Å²) in [7, 11) is -9.52. The van der Waals surface area contributed by atoms with Gasteiger partial charge in [0.15, 0.2) is 0 Å². The van der Waals surface area contributed by atoms with E-state index in [2.05, 4.69) is 5.10 Å². The van der Waals surface area contributed by atoms with Crippen LogP contribution >= 0.6 is 0 Å². The van der Waals surface area contributed by atoms with Crippen LogP contribution in [0, 0.1) is 0 Å². The van der Waals surface area contributed by atoms with Crippen molar-refractivity contribution in [3.63, 3.8) is 0 Å².